The first kappa shape index (κ1) is 14.7. The Hall–Kier alpha value is -1.40. The second-order valence-electron chi connectivity index (χ2n) is 4.52. The molecule has 6 heteroatoms. The third-order valence-electron chi connectivity index (χ3n) is 3.05. The van der Waals surface area contributed by atoms with Crippen molar-refractivity contribution in [2.75, 3.05) is 6.61 Å². The van der Waals surface area contributed by atoms with Gasteiger partial charge in [0.15, 0.2) is 0 Å². The van der Waals surface area contributed by atoms with E-state index in [-0.39, 0.29) is 23.9 Å². The summed E-state index contributed by atoms with van der Waals surface area (Å²) in [7, 11) is 3.11. The van der Waals surface area contributed by atoms with Gasteiger partial charge in [0, 0.05) is 45.0 Å². The first-order chi connectivity index (χ1) is 8.47. The van der Waals surface area contributed by atoms with Crippen LogP contribution in [0.2, 0.25) is 0 Å². The van der Waals surface area contributed by atoms with Crippen LogP contribution in [0.5, 0.6) is 0 Å². The van der Waals surface area contributed by atoms with Crippen LogP contribution in [0.1, 0.15) is 25.5 Å². The lowest BCUT2D eigenvalue weighted by atomic mass is 10.2. The average molecular weight is 255 g/mol. The lowest BCUT2D eigenvalue weighted by Crippen LogP contribution is -2.39. The van der Waals surface area contributed by atoms with Gasteiger partial charge >= 0.3 is 5.69 Å². The molecule has 0 aromatic carbocycles. The van der Waals surface area contributed by atoms with Gasteiger partial charge in [-0.05, 0) is 19.8 Å². The van der Waals surface area contributed by atoms with Crippen molar-refractivity contribution in [2.24, 2.45) is 14.1 Å². The molecule has 0 aliphatic heterocycles. The number of hydrogen-bond donors (Lipinski definition) is 2. The van der Waals surface area contributed by atoms with Crippen LogP contribution in [0.15, 0.2) is 15.7 Å². The number of aromatic nitrogens is 2. The highest BCUT2D eigenvalue weighted by Gasteiger charge is 2.07. The Morgan fingerprint density at radius 2 is 2.00 bits per heavy atom. The Balaban J connectivity index is 2.74. The topological polar surface area (TPSA) is 76.3 Å². The van der Waals surface area contributed by atoms with Crippen LogP contribution in [0.4, 0.5) is 0 Å². The van der Waals surface area contributed by atoms with Gasteiger partial charge in [-0.1, -0.05) is 0 Å². The molecule has 0 saturated carbocycles. The fourth-order valence-electron chi connectivity index (χ4n) is 1.73. The highest BCUT2D eigenvalue weighted by atomic mass is 16.3. The second kappa shape index (κ2) is 6.51. The van der Waals surface area contributed by atoms with Gasteiger partial charge in [-0.3, -0.25) is 13.9 Å². The normalized spacial score (nSPS) is 12.7. The number of nitrogens with one attached hydrogen (secondary N) is 1. The molecule has 18 heavy (non-hydrogen) atoms. The number of nitrogens with zero attached hydrogens (tertiary/aromatic N) is 2. The molecule has 0 fully saturated rings. The molecule has 0 saturated heterocycles. The van der Waals surface area contributed by atoms with Gasteiger partial charge in [-0.25, -0.2) is 4.79 Å². The summed E-state index contributed by atoms with van der Waals surface area (Å²) in [5.41, 5.74) is 0.0548. The molecular formula is C12H21N3O3. The minimum absolute atomic E-state index is 0.177. The van der Waals surface area contributed by atoms with Crippen LogP contribution in [-0.4, -0.2) is 26.9 Å². The number of hydrogen-bond acceptors (Lipinski definition) is 4. The van der Waals surface area contributed by atoms with Crippen LogP contribution in [0.3, 0.4) is 0 Å². The predicted molar refractivity (Wildman–Crippen MR) is 69.5 cm³/mol. The second-order valence-corrected chi connectivity index (χ2v) is 4.52. The van der Waals surface area contributed by atoms with Gasteiger partial charge in [0.1, 0.15) is 0 Å². The minimum Gasteiger partial charge on any atom is -0.396 e. The lowest BCUT2D eigenvalue weighted by Gasteiger charge is -2.15. The molecule has 102 valence electrons. The van der Waals surface area contributed by atoms with E-state index < -0.39 is 0 Å². The van der Waals surface area contributed by atoms with Gasteiger partial charge < -0.3 is 10.4 Å². The van der Waals surface area contributed by atoms with Gasteiger partial charge in [0.05, 0.1) is 0 Å². The Morgan fingerprint density at radius 1 is 1.33 bits per heavy atom. The Morgan fingerprint density at radius 3 is 2.61 bits per heavy atom. The molecule has 1 aromatic rings. The quantitative estimate of drug-likeness (QED) is 0.707. The van der Waals surface area contributed by atoms with Crippen molar-refractivity contribution >= 4 is 0 Å². The monoisotopic (exact) mass is 255 g/mol. The summed E-state index contributed by atoms with van der Waals surface area (Å²) < 4.78 is 2.55. The number of rotatable bonds is 6. The molecule has 0 aliphatic carbocycles. The minimum atomic E-state index is -0.317. The highest BCUT2D eigenvalue weighted by Crippen LogP contribution is 1.97. The molecule has 1 rings (SSSR count). The maximum Gasteiger partial charge on any atom is 0.330 e. The van der Waals surface area contributed by atoms with Crippen LogP contribution in [0, 0.1) is 0 Å². The van der Waals surface area contributed by atoms with Gasteiger partial charge in [0.2, 0.25) is 0 Å². The zero-order valence-electron chi connectivity index (χ0n) is 11.1. The standard InChI is InChI=1S/C12H21N3O3/c1-9(5-4-6-16)13-8-10-7-11(17)15(3)12(18)14(10)2/h7,9,13,16H,4-6,8H2,1-3H3. The zero-order chi connectivity index (χ0) is 13.7. The van der Waals surface area contributed by atoms with E-state index in [4.69, 9.17) is 5.11 Å². The van der Waals surface area contributed by atoms with Crippen LogP contribution in [0.25, 0.3) is 0 Å². The van der Waals surface area contributed by atoms with Crippen molar-refractivity contribution in [3.05, 3.63) is 32.6 Å². The Labute approximate surface area is 106 Å². The largest absolute Gasteiger partial charge is 0.396 e. The SMILES string of the molecule is CC(CCCO)NCc1cc(=O)n(C)c(=O)n1C. The molecule has 0 amide bonds. The van der Waals surface area contributed by atoms with E-state index in [1.165, 1.54) is 17.7 Å². The first-order valence-corrected chi connectivity index (χ1v) is 6.07. The number of aliphatic hydroxyl groups is 1. The molecule has 0 aliphatic rings. The summed E-state index contributed by atoms with van der Waals surface area (Å²) in [6.45, 7) is 2.65. The summed E-state index contributed by atoms with van der Waals surface area (Å²) in [6.07, 6.45) is 1.60. The molecule has 0 radical (unpaired) electrons. The van der Waals surface area contributed by atoms with E-state index in [2.05, 4.69) is 5.32 Å². The van der Waals surface area contributed by atoms with Crippen molar-refractivity contribution in [2.45, 2.75) is 32.4 Å². The van der Waals surface area contributed by atoms with Crippen LogP contribution >= 0.6 is 0 Å². The Kier molecular flexibility index (Phi) is 5.30. The van der Waals surface area contributed by atoms with Crippen LogP contribution < -0.4 is 16.6 Å². The molecule has 1 atom stereocenters. The third kappa shape index (κ3) is 3.54. The summed E-state index contributed by atoms with van der Waals surface area (Å²) in [4.78, 5) is 23.2. The third-order valence-corrected chi connectivity index (χ3v) is 3.05. The van der Waals surface area contributed by atoms with Crippen molar-refractivity contribution in [1.82, 2.24) is 14.5 Å². The zero-order valence-corrected chi connectivity index (χ0v) is 11.1. The Bertz CT molecular complexity index is 504. The van der Waals surface area contributed by atoms with Gasteiger partial charge in [-0.15, -0.1) is 0 Å². The predicted octanol–water partition coefficient (Wildman–Crippen LogP) is -0.665. The molecule has 1 unspecified atom stereocenters. The highest BCUT2D eigenvalue weighted by molar-refractivity contribution is 5.02. The van der Waals surface area contributed by atoms with E-state index in [0.29, 0.717) is 12.2 Å². The van der Waals surface area contributed by atoms with Crippen molar-refractivity contribution in [3.63, 3.8) is 0 Å². The molecule has 1 heterocycles. The maximum atomic E-state index is 11.7. The molecule has 0 spiro atoms. The molecule has 1 aromatic heterocycles. The van der Waals surface area contributed by atoms with Crippen LogP contribution in [-0.2, 0) is 20.6 Å². The summed E-state index contributed by atoms with van der Waals surface area (Å²) in [6, 6.07) is 1.70. The van der Waals surface area contributed by atoms with E-state index in [9.17, 15) is 9.59 Å². The van der Waals surface area contributed by atoms with Crippen molar-refractivity contribution in [3.8, 4) is 0 Å². The van der Waals surface area contributed by atoms with E-state index in [1.54, 1.807) is 7.05 Å². The molecule has 2 N–H and O–H groups in total. The smallest absolute Gasteiger partial charge is 0.330 e. The summed E-state index contributed by atoms with van der Waals surface area (Å²) in [5, 5.41) is 12.0. The average Bonchev–Trinajstić information content (AvgIpc) is 2.36. The van der Waals surface area contributed by atoms with E-state index >= 15 is 0 Å². The van der Waals surface area contributed by atoms with E-state index in [1.807, 2.05) is 6.92 Å². The van der Waals surface area contributed by atoms with Crippen molar-refractivity contribution in [1.29, 1.82) is 0 Å². The molecule has 0 bridgehead atoms. The van der Waals surface area contributed by atoms with E-state index in [0.717, 1.165) is 17.4 Å². The maximum absolute atomic E-state index is 11.7. The van der Waals surface area contributed by atoms with Gasteiger partial charge in [-0.2, -0.15) is 0 Å². The summed E-state index contributed by atoms with van der Waals surface area (Å²) in [5.74, 6) is 0. The fraction of sp³-hybridized carbons (Fsp3) is 0.667. The fourth-order valence-corrected chi connectivity index (χ4v) is 1.73. The first-order valence-electron chi connectivity index (χ1n) is 6.07. The summed E-state index contributed by atoms with van der Waals surface area (Å²) >= 11 is 0. The molecule has 6 nitrogen and oxygen atoms in total. The van der Waals surface area contributed by atoms with Crippen molar-refractivity contribution < 1.29 is 5.11 Å². The number of aliphatic hydroxyl groups excluding tert-OH is 1. The lowest BCUT2D eigenvalue weighted by molar-refractivity contribution is 0.276. The molecular weight excluding hydrogens is 234 g/mol. The van der Waals surface area contributed by atoms with Gasteiger partial charge in [0.25, 0.3) is 5.56 Å².